The fourth-order valence-electron chi connectivity index (χ4n) is 1.31. The molecule has 1 atom stereocenters. The van der Waals surface area contributed by atoms with Crippen LogP contribution in [0.3, 0.4) is 0 Å². The molecule has 16 heavy (non-hydrogen) atoms. The molecule has 0 aromatic carbocycles. The Labute approximate surface area is 98.0 Å². The lowest BCUT2D eigenvalue weighted by Gasteiger charge is -2.23. The number of nitrogens with zero attached hydrogens (tertiary/aromatic N) is 1. The van der Waals surface area contributed by atoms with Gasteiger partial charge in [-0.3, -0.25) is 0 Å². The van der Waals surface area contributed by atoms with Gasteiger partial charge >= 0.3 is 0 Å². The van der Waals surface area contributed by atoms with Crippen LogP contribution in [0.15, 0.2) is 5.16 Å². The van der Waals surface area contributed by atoms with Gasteiger partial charge < -0.3 is 21.0 Å². The molecular weight excluding hydrogens is 206 g/mol. The van der Waals surface area contributed by atoms with Crippen molar-refractivity contribution >= 4 is 5.84 Å². The van der Waals surface area contributed by atoms with E-state index in [4.69, 9.17) is 15.7 Å². The van der Waals surface area contributed by atoms with Crippen LogP contribution in [0.25, 0.3) is 0 Å². The molecule has 0 fully saturated rings. The molecule has 0 bridgehead atoms. The summed E-state index contributed by atoms with van der Waals surface area (Å²) in [7, 11) is 0. The van der Waals surface area contributed by atoms with Crippen LogP contribution >= 0.6 is 0 Å². The van der Waals surface area contributed by atoms with Gasteiger partial charge in [0, 0.05) is 18.6 Å². The van der Waals surface area contributed by atoms with Gasteiger partial charge in [-0.05, 0) is 26.8 Å². The van der Waals surface area contributed by atoms with Gasteiger partial charge in [-0.2, -0.15) is 0 Å². The Bertz CT molecular complexity index is 217. The molecule has 5 heteroatoms. The summed E-state index contributed by atoms with van der Waals surface area (Å²) in [5.74, 6) is 0.271. The zero-order chi connectivity index (χ0) is 12.6. The summed E-state index contributed by atoms with van der Waals surface area (Å²) in [6.07, 6.45) is 1.04. The number of amidine groups is 1. The lowest BCUT2D eigenvalue weighted by Crippen LogP contribution is -2.36. The Balaban J connectivity index is 3.74. The maximum atomic E-state index is 8.61. The highest BCUT2D eigenvalue weighted by atomic mass is 16.5. The third-order valence-electron chi connectivity index (χ3n) is 2.61. The smallest absolute Gasteiger partial charge is 0.144 e. The summed E-state index contributed by atoms with van der Waals surface area (Å²) in [6, 6.07) is 0. The van der Waals surface area contributed by atoms with Crippen molar-refractivity contribution in [2.45, 2.75) is 40.2 Å². The van der Waals surface area contributed by atoms with Crippen molar-refractivity contribution in [3.63, 3.8) is 0 Å². The Morgan fingerprint density at radius 1 is 1.56 bits per heavy atom. The van der Waals surface area contributed by atoms with Gasteiger partial charge in [0.05, 0.1) is 6.10 Å². The first kappa shape index (κ1) is 15.2. The average molecular weight is 231 g/mol. The number of hydrogen-bond donors (Lipinski definition) is 3. The van der Waals surface area contributed by atoms with E-state index in [2.05, 4.69) is 10.5 Å². The van der Waals surface area contributed by atoms with Gasteiger partial charge in [0.15, 0.2) is 0 Å². The van der Waals surface area contributed by atoms with Crippen LogP contribution in [0.4, 0.5) is 0 Å². The number of nitrogens with two attached hydrogens (primary N) is 1. The fraction of sp³-hybridized carbons (Fsp3) is 0.909. The molecule has 0 aromatic heterocycles. The Kier molecular flexibility index (Phi) is 7.08. The molecule has 0 saturated heterocycles. The second-order valence-corrected chi connectivity index (χ2v) is 4.59. The molecule has 0 rings (SSSR count). The third kappa shape index (κ3) is 5.92. The molecule has 0 spiro atoms. The monoisotopic (exact) mass is 231 g/mol. The first-order chi connectivity index (χ1) is 7.44. The topological polar surface area (TPSA) is 79.9 Å². The van der Waals surface area contributed by atoms with Crippen LogP contribution in [0.1, 0.15) is 34.1 Å². The molecule has 4 N–H and O–H groups in total. The third-order valence-corrected chi connectivity index (χ3v) is 2.61. The van der Waals surface area contributed by atoms with Crippen LogP contribution in [-0.4, -0.2) is 36.8 Å². The highest BCUT2D eigenvalue weighted by Gasteiger charge is 2.22. The fourth-order valence-corrected chi connectivity index (χ4v) is 1.31. The van der Waals surface area contributed by atoms with Gasteiger partial charge in [0.1, 0.15) is 5.84 Å². The molecule has 0 aliphatic rings. The van der Waals surface area contributed by atoms with Crippen molar-refractivity contribution < 1.29 is 9.94 Å². The minimum Gasteiger partial charge on any atom is -0.409 e. The highest BCUT2D eigenvalue weighted by molar-refractivity contribution is 5.85. The van der Waals surface area contributed by atoms with E-state index < -0.39 is 0 Å². The number of rotatable bonds is 8. The molecule has 0 amide bonds. The minimum absolute atomic E-state index is 0.219. The van der Waals surface area contributed by atoms with Crippen molar-refractivity contribution in [2.24, 2.45) is 16.3 Å². The summed E-state index contributed by atoms with van der Waals surface area (Å²) in [6.45, 7) is 10.3. The van der Waals surface area contributed by atoms with E-state index in [1.807, 2.05) is 27.7 Å². The SMILES string of the molecule is CCOC(C)CNCCC(C)(C)C(N)=NO. The number of ether oxygens (including phenoxy) is 1. The second-order valence-electron chi connectivity index (χ2n) is 4.59. The maximum absolute atomic E-state index is 8.61. The predicted octanol–water partition coefficient (Wildman–Crippen LogP) is 1.16. The van der Waals surface area contributed by atoms with E-state index in [1.165, 1.54) is 0 Å². The quantitative estimate of drug-likeness (QED) is 0.192. The Morgan fingerprint density at radius 3 is 2.69 bits per heavy atom. The van der Waals surface area contributed by atoms with E-state index >= 15 is 0 Å². The van der Waals surface area contributed by atoms with Crippen LogP contribution in [-0.2, 0) is 4.74 Å². The number of oxime groups is 1. The molecule has 0 heterocycles. The van der Waals surface area contributed by atoms with Gasteiger partial charge in [-0.25, -0.2) is 0 Å². The number of nitrogens with one attached hydrogen (secondary N) is 1. The molecule has 0 aromatic rings. The van der Waals surface area contributed by atoms with E-state index in [0.29, 0.717) is 0 Å². The van der Waals surface area contributed by atoms with Gasteiger partial charge in [-0.1, -0.05) is 19.0 Å². The predicted molar refractivity (Wildman–Crippen MR) is 65.8 cm³/mol. The van der Waals surface area contributed by atoms with Crippen molar-refractivity contribution in [1.29, 1.82) is 0 Å². The lowest BCUT2D eigenvalue weighted by molar-refractivity contribution is 0.0759. The maximum Gasteiger partial charge on any atom is 0.144 e. The van der Waals surface area contributed by atoms with E-state index in [0.717, 1.165) is 26.1 Å². The van der Waals surface area contributed by atoms with E-state index in [1.54, 1.807) is 0 Å². The summed E-state index contributed by atoms with van der Waals surface area (Å²) in [5.41, 5.74) is 5.31. The molecule has 0 radical (unpaired) electrons. The van der Waals surface area contributed by atoms with Crippen LogP contribution < -0.4 is 11.1 Å². The zero-order valence-electron chi connectivity index (χ0n) is 10.8. The van der Waals surface area contributed by atoms with Gasteiger partial charge in [0.2, 0.25) is 0 Å². The van der Waals surface area contributed by atoms with Gasteiger partial charge in [0.25, 0.3) is 0 Å². The standard InChI is InChI=1S/C11H25N3O2/c1-5-16-9(2)8-13-7-6-11(3,4)10(12)14-15/h9,13,15H,5-8H2,1-4H3,(H2,12,14). The zero-order valence-corrected chi connectivity index (χ0v) is 10.8. The van der Waals surface area contributed by atoms with Crippen LogP contribution in [0.5, 0.6) is 0 Å². The van der Waals surface area contributed by atoms with Crippen LogP contribution in [0.2, 0.25) is 0 Å². The first-order valence-corrected chi connectivity index (χ1v) is 5.74. The highest BCUT2D eigenvalue weighted by Crippen LogP contribution is 2.19. The second kappa shape index (κ2) is 7.46. The number of hydrogen-bond acceptors (Lipinski definition) is 4. The van der Waals surface area contributed by atoms with E-state index in [-0.39, 0.29) is 17.4 Å². The Hall–Kier alpha value is -0.810. The summed E-state index contributed by atoms with van der Waals surface area (Å²) in [5, 5.41) is 14.9. The molecule has 1 unspecified atom stereocenters. The summed E-state index contributed by atoms with van der Waals surface area (Å²) >= 11 is 0. The largest absolute Gasteiger partial charge is 0.409 e. The first-order valence-electron chi connectivity index (χ1n) is 5.74. The van der Waals surface area contributed by atoms with E-state index in [9.17, 15) is 0 Å². The van der Waals surface area contributed by atoms with Crippen molar-refractivity contribution in [3.8, 4) is 0 Å². The van der Waals surface area contributed by atoms with Crippen molar-refractivity contribution in [3.05, 3.63) is 0 Å². The van der Waals surface area contributed by atoms with Crippen molar-refractivity contribution in [1.82, 2.24) is 5.32 Å². The molecule has 0 aliphatic carbocycles. The summed E-state index contributed by atoms with van der Waals surface area (Å²) < 4.78 is 5.39. The van der Waals surface area contributed by atoms with Crippen LogP contribution in [0, 0.1) is 5.41 Å². The van der Waals surface area contributed by atoms with Gasteiger partial charge in [-0.15, -0.1) is 0 Å². The Morgan fingerprint density at radius 2 is 2.19 bits per heavy atom. The molecule has 0 aliphatic heterocycles. The molecule has 96 valence electrons. The van der Waals surface area contributed by atoms with Crippen molar-refractivity contribution in [2.75, 3.05) is 19.7 Å². The summed E-state index contributed by atoms with van der Waals surface area (Å²) in [4.78, 5) is 0. The molecule has 5 nitrogen and oxygen atoms in total. The molecular formula is C11H25N3O2. The lowest BCUT2D eigenvalue weighted by atomic mass is 9.88. The average Bonchev–Trinajstić information content (AvgIpc) is 2.23. The molecule has 0 saturated carbocycles. The minimum atomic E-state index is -0.281. The normalized spacial score (nSPS) is 15.1.